The summed E-state index contributed by atoms with van der Waals surface area (Å²) in [4.78, 5) is 11.9. The predicted molar refractivity (Wildman–Crippen MR) is 89.4 cm³/mol. The lowest BCUT2D eigenvalue weighted by molar-refractivity contribution is -0.659. The predicted octanol–water partition coefficient (Wildman–Crippen LogP) is 2.82. The smallest absolute Gasteiger partial charge is 0.279 e. The summed E-state index contributed by atoms with van der Waals surface area (Å²) in [6, 6.07) is 17.5. The Morgan fingerprint density at radius 2 is 1.75 bits per heavy atom. The van der Waals surface area contributed by atoms with Crippen LogP contribution in [0.1, 0.15) is 5.56 Å². The van der Waals surface area contributed by atoms with Gasteiger partial charge in [-0.1, -0.05) is 42.5 Å². The number of anilines is 1. The number of benzene rings is 3. The zero-order valence-electron chi connectivity index (χ0n) is 12.9. The Kier molecular flexibility index (Phi) is 4.82. The van der Waals surface area contributed by atoms with Crippen LogP contribution in [0.5, 0.6) is 0 Å². The number of fused-ring (bicyclic) bond motifs is 1. The van der Waals surface area contributed by atoms with E-state index in [1.807, 2.05) is 29.6 Å². The molecule has 3 aromatic carbocycles. The molecule has 0 spiro atoms. The fourth-order valence-corrected chi connectivity index (χ4v) is 2.62. The van der Waals surface area contributed by atoms with E-state index in [4.69, 9.17) is 0 Å². The van der Waals surface area contributed by atoms with E-state index in [-0.39, 0.29) is 18.1 Å². The van der Waals surface area contributed by atoms with Crippen molar-refractivity contribution in [2.24, 2.45) is 0 Å². The van der Waals surface area contributed by atoms with Gasteiger partial charge in [0.15, 0.2) is 18.2 Å². The van der Waals surface area contributed by atoms with Crippen molar-refractivity contribution in [1.82, 2.24) is 0 Å². The van der Waals surface area contributed by atoms with Crippen molar-refractivity contribution in [3.8, 4) is 0 Å². The number of hydrogen-bond donors (Lipinski definition) is 2. The van der Waals surface area contributed by atoms with E-state index in [1.54, 1.807) is 0 Å². The largest absolute Gasteiger partial charge is 0.335 e. The minimum absolute atomic E-state index is 0.197. The Labute approximate surface area is 138 Å². The highest BCUT2D eigenvalue weighted by atomic mass is 19.2. The lowest BCUT2D eigenvalue weighted by Crippen LogP contribution is -2.84. The Hall–Kier alpha value is -2.79. The molecule has 5 heteroatoms. The summed E-state index contributed by atoms with van der Waals surface area (Å²) in [6.07, 6.45) is 0. The van der Waals surface area contributed by atoms with Crippen molar-refractivity contribution in [2.75, 3.05) is 11.9 Å². The molecule has 0 aliphatic carbocycles. The minimum atomic E-state index is -0.979. The van der Waals surface area contributed by atoms with Crippen molar-refractivity contribution in [3.05, 3.63) is 77.9 Å². The highest BCUT2D eigenvalue weighted by Crippen LogP contribution is 2.17. The Balaban J connectivity index is 1.57. The lowest BCUT2D eigenvalue weighted by Gasteiger charge is -2.07. The fourth-order valence-electron chi connectivity index (χ4n) is 2.62. The van der Waals surface area contributed by atoms with Gasteiger partial charge in [-0.15, -0.1) is 0 Å². The van der Waals surface area contributed by atoms with Crippen LogP contribution >= 0.6 is 0 Å². The molecule has 0 radical (unpaired) electrons. The molecule has 0 aliphatic heterocycles. The van der Waals surface area contributed by atoms with Crippen LogP contribution in [0.3, 0.4) is 0 Å². The number of carbonyl (C=O) groups is 1. The molecule has 0 heterocycles. The van der Waals surface area contributed by atoms with Crippen LogP contribution in [0.25, 0.3) is 10.8 Å². The van der Waals surface area contributed by atoms with Gasteiger partial charge < -0.3 is 10.6 Å². The molecule has 122 valence electrons. The molecule has 0 saturated carbocycles. The van der Waals surface area contributed by atoms with Gasteiger partial charge in [0.05, 0.1) is 0 Å². The van der Waals surface area contributed by atoms with Gasteiger partial charge >= 0.3 is 0 Å². The van der Waals surface area contributed by atoms with Crippen LogP contribution in [0.15, 0.2) is 60.7 Å². The number of carbonyl (C=O) groups excluding carboxylic acids is 1. The van der Waals surface area contributed by atoms with Crippen molar-refractivity contribution < 1.29 is 18.9 Å². The number of rotatable bonds is 5. The number of nitrogens with one attached hydrogen (secondary N) is 1. The van der Waals surface area contributed by atoms with Crippen LogP contribution < -0.4 is 10.6 Å². The van der Waals surface area contributed by atoms with Crippen LogP contribution in [0, 0.1) is 11.6 Å². The SMILES string of the molecule is O=C(C[NH2+]Cc1cccc2ccccc12)Nc1ccc(F)c(F)c1. The standard InChI is InChI=1S/C19H16F2N2O/c20-17-9-8-15(10-18(17)21)23-19(24)12-22-11-14-6-3-5-13-4-1-2-7-16(13)14/h1-10,22H,11-12H2,(H,23,24)/p+1. The molecule has 0 aliphatic rings. The molecule has 3 aromatic rings. The molecule has 0 unspecified atom stereocenters. The van der Waals surface area contributed by atoms with Gasteiger partial charge in [-0.3, -0.25) is 4.79 Å². The fraction of sp³-hybridized carbons (Fsp3) is 0.105. The number of quaternary nitrogens is 1. The highest BCUT2D eigenvalue weighted by molar-refractivity contribution is 5.91. The van der Waals surface area contributed by atoms with Crippen LogP contribution in [0.4, 0.5) is 14.5 Å². The third-order valence-corrected chi connectivity index (χ3v) is 3.78. The first-order valence-electron chi connectivity index (χ1n) is 7.67. The molecule has 3 N–H and O–H groups in total. The van der Waals surface area contributed by atoms with Gasteiger partial charge in [0.1, 0.15) is 6.54 Å². The topological polar surface area (TPSA) is 45.7 Å². The van der Waals surface area contributed by atoms with E-state index in [9.17, 15) is 13.6 Å². The number of hydrogen-bond acceptors (Lipinski definition) is 1. The van der Waals surface area contributed by atoms with E-state index in [1.165, 1.54) is 6.07 Å². The third-order valence-electron chi connectivity index (χ3n) is 3.78. The molecule has 0 saturated heterocycles. The molecule has 3 rings (SSSR count). The molecule has 3 nitrogen and oxygen atoms in total. The molecule has 0 atom stereocenters. The first-order chi connectivity index (χ1) is 11.6. The first-order valence-corrected chi connectivity index (χ1v) is 7.67. The second kappa shape index (κ2) is 7.19. The Bertz CT molecular complexity index is 875. The maximum absolute atomic E-state index is 13.1. The zero-order valence-corrected chi connectivity index (χ0v) is 12.9. The number of amides is 1. The van der Waals surface area contributed by atoms with Gasteiger partial charge in [0.25, 0.3) is 5.91 Å². The van der Waals surface area contributed by atoms with Gasteiger partial charge in [-0.2, -0.15) is 0 Å². The van der Waals surface area contributed by atoms with Crippen molar-refractivity contribution in [1.29, 1.82) is 0 Å². The maximum atomic E-state index is 13.1. The van der Waals surface area contributed by atoms with Crippen LogP contribution in [-0.4, -0.2) is 12.5 Å². The van der Waals surface area contributed by atoms with E-state index >= 15 is 0 Å². The molecular weight excluding hydrogens is 310 g/mol. The summed E-state index contributed by atoms with van der Waals surface area (Å²) < 4.78 is 26.0. The van der Waals surface area contributed by atoms with E-state index < -0.39 is 11.6 Å². The number of nitrogens with two attached hydrogens (primary N) is 1. The summed E-state index contributed by atoms with van der Waals surface area (Å²) in [6.45, 7) is 0.856. The second-order valence-corrected chi connectivity index (χ2v) is 5.51. The second-order valence-electron chi connectivity index (χ2n) is 5.51. The summed E-state index contributed by atoms with van der Waals surface area (Å²) in [5.41, 5.74) is 1.39. The average Bonchev–Trinajstić information content (AvgIpc) is 2.58. The summed E-state index contributed by atoms with van der Waals surface area (Å²) in [7, 11) is 0. The molecule has 0 bridgehead atoms. The van der Waals surface area contributed by atoms with Crippen LogP contribution in [-0.2, 0) is 11.3 Å². The molecule has 1 amide bonds. The van der Waals surface area contributed by atoms with E-state index in [0.717, 1.165) is 28.5 Å². The average molecular weight is 327 g/mol. The van der Waals surface area contributed by atoms with Crippen molar-refractivity contribution in [2.45, 2.75) is 6.54 Å². The third kappa shape index (κ3) is 3.75. The summed E-state index contributed by atoms with van der Waals surface area (Å²) in [5.74, 6) is -2.18. The Morgan fingerprint density at radius 3 is 2.58 bits per heavy atom. The van der Waals surface area contributed by atoms with E-state index in [2.05, 4.69) is 23.5 Å². The molecule has 24 heavy (non-hydrogen) atoms. The Morgan fingerprint density at radius 1 is 0.958 bits per heavy atom. The van der Waals surface area contributed by atoms with Gasteiger partial charge in [-0.05, 0) is 22.9 Å². The summed E-state index contributed by atoms with van der Waals surface area (Å²) in [5, 5.41) is 6.75. The first kappa shape index (κ1) is 16.1. The van der Waals surface area contributed by atoms with Crippen LogP contribution in [0.2, 0.25) is 0 Å². The number of halogens is 2. The summed E-state index contributed by atoms with van der Waals surface area (Å²) >= 11 is 0. The van der Waals surface area contributed by atoms with Gasteiger partial charge in [0.2, 0.25) is 0 Å². The monoisotopic (exact) mass is 327 g/mol. The zero-order chi connectivity index (χ0) is 16.9. The van der Waals surface area contributed by atoms with Gasteiger partial charge in [-0.25, -0.2) is 8.78 Å². The molecular formula is C19H17F2N2O+. The normalized spacial score (nSPS) is 10.8. The maximum Gasteiger partial charge on any atom is 0.279 e. The molecule has 0 fully saturated rings. The van der Waals surface area contributed by atoms with E-state index in [0.29, 0.717) is 6.54 Å². The van der Waals surface area contributed by atoms with Gasteiger partial charge in [0, 0.05) is 17.3 Å². The lowest BCUT2D eigenvalue weighted by atomic mass is 10.0. The quantitative estimate of drug-likeness (QED) is 0.744. The minimum Gasteiger partial charge on any atom is -0.335 e. The van der Waals surface area contributed by atoms with Crippen molar-refractivity contribution >= 4 is 22.4 Å². The van der Waals surface area contributed by atoms with Crippen molar-refractivity contribution in [3.63, 3.8) is 0 Å². The molecule has 0 aromatic heterocycles. The highest BCUT2D eigenvalue weighted by Gasteiger charge is 2.08.